The Labute approximate surface area is 215 Å². The number of primary amides is 1. The van der Waals surface area contributed by atoms with Crippen molar-refractivity contribution in [3.05, 3.63) is 65.2 Å². The Kier molecular flexibility index (Phi) is 10.7. The molecule has 2 aromatic rings. The second kappa shape index (κ2) is 13.5. The molecule has 0 aromatic heterocycles. The van der Waals surface area contributed by atoms with Crippen LogP contribution in [0.4, 0.5) is 29.3 Å². The van der Waals surface area contributed by atoms with Crippen LogP contribution < -0.4 is 15.6 Å². The molecule has 0 aliphatic carbocycles. The van der Waals surface area contributed by atoms with Crippen LogP contribution >= 0.6 is 0 Å². The fourth-order valence-corrected chi connectivity index (χ4v) is 3.65. The molecular weight excluding hydrogens is 485 g/mol. The van der Waals surface area contributed by atoms with Gasteiger partial charge in [0.2, 0.25) is 0 Å². The number of carbonyl (C=O) groups excluding carboxylic acids is 1. The van der Waals surface area contributed by atoms with Gasteiger partial charge in [0.15, 0.2) is 0 Å². The molecule has 0 atom stereocenters. The van der Waals surface area contributed by atoms with Gasteiger partial charge in [0.25, 0.3) is 0 Å². The molecule has 0 bridgehead atoms. The SMILES string of the molecule is CCCCN(CCCC)c1ccc(/C(C)=C/C(=O)O)cc1N(/N=C/c1ccc(C(F)(F)F)cc1)C(N)=O. The highest BCUT2D eigenvalue weighted by atomic mass is 19.4. The van der Waals surface area contributed by atoms with Gasteiger partial charge in [-0.1, -0.05) is 44.9 Å². The van der Waals surface area contributed by atoms with E-state index in [0.717, 1.165) is 62.0 Å². The van der Waals surface area contributed by atoms with Gasteiger partial charge in [-0.15, -0.1) is 0 Å². The van der Waals surface area contributed by atoms with E-state index in [-0.39, 0.29) is 0 Å². The molecule has 0 aliphatic rings. The molecule has 0 aliphatic heterocycles. The van der Waals surface area contributed by atoms with E-state index in [4.69, 9.17) is 10.8 Å². The Bertz CT molecular complexity index is 1120. The smallest absolute Gasteiger partial charge is 0.416 e. The average Bonchev–Trinajstić information content (AvgIpc) is 2.83. The monoisotopic (exact) mass is 518 g/mol. The summed E-state index contributed by atoms with van der Waals surface area (Å²) in [4.78, 5) is 25.9. The average molecular weight is 519 g/mol. The molecule has 7 nitrogen and oxygen atoms in total. The number of hydrogen-bond acceptors (Lipinski definition) is 4. The van der Waals surface area contributed by atoms with Gasteiger partial charge in [-0.25, -0.2) is 9.59 Å². The van der Waals surface area contributed by atoms with Crippen molar-refractivity contribution in [1.29, 1.82) is 0 Å². The Hall–Kier alpha value is -3.82. The first kappa shape index (κ1) is 29.4. The molecular formula is C27H33F3N4O3. The van der Waals surface area contributed by atoms with E-state index in [0.29, 0.717) is 28.1 Å². The highest BCUT2D eigenvalue weighted by Gasteiger charge is 2.30. The fraction of sp³-hybridized carbons (Fsp3) is 0.370. The summed E-state index contributed by atoms with van der Waals surface area (Å²) in [5.74, 6) is -1.11. The highest BCUT2D eigenvalue weighted by molar-refractivity contribution is 5.98. The highest BCUT2D eigenvalue weighted by Crippen LogP contribution is 2.34. The van der Waals surface area contributed by atoms with Crippen molar-refractivity contribution in [2.75, 3.05) is 23.0 Å². The normalized spacial score (nSPS) is 12.1. The zero-order valence-electron chi connectivity index (χ0n) is 21.3. The number of aliphatic carboxylic acids is 1. The molecule has 200 valence electrons. The molecule has 0 saturated carbocycles. The summed E-state index contributed by atoms with van der Waals surface area (Å²) < 4.78 is 38.7. The maximum atomic E-state index is 12.9. The van der Waals surface area contributed by atoms with Crippen molar-refractivity contribution < 1.29 is 27.9 Å². The lowest BCUT2D eigenvalue weighted by Crippen LogP contribution is -2.34. The van der Waals surface area contributed by atoms with E-state index in [1.54, 1.807) is 25.1 Å². The molecule has 2 amide bonds. The van der Waals surface area contributed by atoms with Gasteiger partial charge in [0.1, 0.15) is 0 Å². The van der Waals surface area contributed by atoms with E-state index >= 15 is 0 Å². The van der Waals surface area contributed by atoms with Crippen molar-refractivity contribution in [2.24, 2.45) is 10.8 Å². The van der Waals surface area contributed by atoms with Crippen LogP contribution in [0.3, 0.4) is 0 Å². The van der Waals surface area contributed by atoms with E-state index in [9.17, 15) is 22.8 Å². The Morgan fingerprint density at radius 2 is 1.59 bits per heavy atom. The van der Waals surface area contributed by atoms with Crippen LogP contribution in [-0.4, -0.2) is 36.4 Å². The number of anilines is 2. The summed E-state index contributed by atoms with van der Waals surface area (Å²) >= 11 is 0. The van der Waals surface area contributed by atoms with Gasteiger partial charge in [0.05, 0.1) is 23.2 Å². The molecule has 37 heavy (non-hydrogen) atoms. The summed E-state index contributed by atoms with van der Waals surface area (Å²) in [6.07, 6.45) is 1.59. The first-order chi connectivity index (χ1) is 17.5. The first-order valence-corrected chi connectivity index (χ1v) is 12.1. The molecule has 3 N–H and O–H groups in total. The number of amides is 2. The molecule has 0 unspecified atom stereocenters. The summed E-state index contributed by atoms with van der Waals surface area (Å²) in [5, 5.41) is 14.4. The summed E-state index contributed by atoms with van der Waals surface area (Å²) in [7, 11) is 0. The predicted octanol–water partition coefficient (Wildman–Crippen LogP) is 6.52. The van der Waals surface area contributed by atoms with Gasteiger partial charge in [0, 0.05) is 19.2 Å². The zero-order valence-corrected chi connectivity index (χ0v) is 21.3. The number of halogens is 3. The minimum Gasteiger partial charge on any atom is -0.478 e. The van der Waals surface area contributed by atoms with Crippen molar-refractivity contribution in [2.45, 2.75) is 52.6 Å². The number of carboxylic acid groups (broad SMARTS) is 1. The zero-order chi connectivity index (χ0) is 27.6. The topological polar surface area (TPSA) is 99.2 Å². The summed E-state index contributed by atoms with van der Waals surface area (Å²) in [6, 6.07) is 8.68. The van der Waals surface area contributed by atoms with Gasteiger partial charge in [-0.05, 0) is 60.7 Å². The third-order valence-corrected chi connectivity index (χ3v) is 5.67. The quantitative estimate of drug-likeness (QED) is 0.190. The molecule has 0 spiro atoms. The van der Waals surface area contributed by atoms with E-state index in [2.05, 4.69) is 23.8 Å². The number of benzene rings is 2. The number of urea groups is 1. The van der Waals surface area contributed by atoms with Gasteiger partial charge in [-0.3, -0.25) is 0 Å². The Morgan fingerprint density at radius 1 is 1.00 bits per heavy atom. The van der Waals surface area contributed by atoms with Crippen LogP contribution in [-0.2, 0) is 11.0 Å². The minimum atomic E-state index is -4.47. The van der Waals surface area contributed by atoms with Crippen LogP contribution in [0.1, 0.15) is 63.1 Å². The van der Waals surface area contributed by atoms with E-state index in [1.165, 1.54) is 18.3 Å². The van der Waals surface area contributed by atoms with Gasteiger partial charge < -0.3 is 15.7 Å². The molecule has 0 heterocycles. The lowest BCUT2D eigenvalue weighted by Gasteiger charge is -2.29. The fourth-order valence-electron chi connectivity index (χ4n) is 3.65. The molecule has 2 aromatic carbocycles. The lowest BCUT2D eigenvalue weighted by molar-refractivity contribution is -0.137. The minimum absolute atomic E-state index is 0.340. The third-order valence-electron chi connectivity index (χ3n) is 5.67. The van der Waals surface area contributed by atoms with Crippen molar-refractivity contribution >= 4 is 35.2 Å². The molecule has 0 fully saturated rings. The summed E-state index contributed by atoms with van der Waals surface area (Å²) in [5.41, 5.74) is 7.29. The van der Waals surface area contributed by atoms with Crippen molar-refractivity contribution in [3.8, 4) is 0 Å². The van der Waals surface area contributed by atoms with E-state index < -0.39 is 23.7 Å². The largest absolute Gasteiger partial charge is 0.478 e. The lowest BCUT2D eigenvalue weighted by atomic mass is 10.0. The number of hydrazone groups is 1. The number of carboxylic acids is 1. The number of carbonyl (C=O) groups is 2. The Balaban J connectivity index is 2.60. The maximum absolute atomic E-state index is 12.9. The number of alkyl halides is 3. The second-order valence-electron chi connectivity index (χ2n) is 8.58. The predicted molar refractivity (Wildman–Crippen MR) is 141 cm³/mol. The van der Waals surface area contributed by atoms with Gasteiger partial charge >= 0.3 is 18.2 Å². The molecule has 0 radical (unpaired) electrons. The number of allylic oxidation sites excluding steroid dienone is 1. The number of nitrogens with zero attached hydrogens (tertiary/aromatic N) is 3. The first-order valence-electron chi connectivity index (χ1n) is 12.1. The number of nitrogens with two attached hydrogens (primary N) is 1. The van der Waals surface area contributed by atoms with Crippen molar-refractivity contribution in [3.63, 3.8) is 0 Å². The molecule has 0 saturated heterocycles. The van der Waals surface area contributed by atoms with Crippen LogP contribution in [0.25, 0.3) is 5.57 Å². The Morgan fingerprint density at radius 3 is 2.08 bits per heavy atom. The van der Waals surface area contributed by atoms with Crippen molar-refractivity contribution in [1.82, 2.24) is 0 Å². The van der Waals surface area contributed by atoms with Crippen LogP contribution in [0.2, 0.25) is 0 Å². The van der Waals surface area contributed by atoms with Crippen LogP contribution in [0.15, 0.2) is 53.6 Å². The van der Waals surface area contributed by atoms with Gasteiger partial charge in [-0.2, -0.15) is 23.3 Å². The standard InChI is InChI=1S/C27H33F3N4O3/c1-4-6-14-33(15-7-5-2)23-13-10-21(19(3)16-25(35)36)17-24(23)34(26(31)37)32-18-20-8-11-22(12-9-20)27(28,29)30/h8-13,16-18H,4-7,14-15H2,1-3H3,(H2,31,37)(H,35,36)/b19-16+,32-18+. The summed E-state index contributed by atoms with van der Waals surface area (Å²) in [6.45, 7) is 7.24. The van der Waals surface area contributed by atoms with Crippen LogP contribution in [0.5, 0.6) is 0 Å². The maximum Gasteiger partial charge on any atom is 0.416 e. The van der Waals surface area contributed by atoms with Crippen LogP contribution in [0, 0.1) is 0 Å². The second-order valence-corrected chi connectivity index (χ2v) is 8.58. The molecule has 2 rings (SSSR count). The number of unbranched alkanes of at least 4 members (excludes halogenated alkanes) is 2. The number of hydrogen-bond donors (Lipinski definition) is 2. The van der Waals surface area contributed by atoms with E-state index in [1.807, 2.05) is 0 Å². The molecule has 10 heteroatoms. The third kappa shape index (κ3) is 8.66. The number of rotatable bonds is 12.